The molecule has 2 aliphatic heterocycles. The molecule has 2 N–H and O–H groups in total. The lowest BCUT2D eigenvalue weighted by Gasteiger charge is -2.04. The number of hydrogen-bond acceptors (Lipinski definition) is 6. The smallest absolute Gasteiger partial charge is 0.243 e. The van der Waals surface area contributed by atoms with Gasteiger partial charge < -0.3 is 29.6 Å². The van der Waals surface area contributed by atoms with Gasteiger partial charge in [-0.15, -0.1) is 0 Å². The van der Waals surface area contributed by atoms with E-state index in [2.05, 4.69) is 10.6 Å². The molecule has 0 saturated carbocycles. The van der Waals surface area contributed by atoms with Gasteiger partial charge in [0, 0.05) is 25.2 Å². The van der Waals surface area contributed by atoms with Gasteiger partial charge in [-0.1, -0.05) is 31.4 Å². The van der Waals surface area contributed by atoms with Crippen LogP contribution in [-0.2, 0) is 9.59 Å². The maximum absolute atomic E-state index is 12.0. The van der Waals surface area contributed by atoms with Crippen LogP contribution in [-0.4, -0.2) is 38.5 Å². The fourth-order valence-corrected chi connectivity index (χ4v) is 3.70. The van der Waals surface area contributed by atoms with E-state index in [1.165, 1.54) is 12.2 Å². The second-order valence-electron chi connectivity index (χ2n) is 8.24. The molecule has 2 heterocycles. The Morgan fingerprint density at radius 1 is 0.629 bits per heavy atom. The van der Waals surface area contributed by atoms with E-state index in [0.717, 1.165) is 54.7 Å². The Morgan fingerprint density at radius 2 is 1.06 bits per heavy atom. The number of amides is 2. The highest BCUT2D eigenvalue weighted by atomic mass is 16.7. The summed E-state index contributed by atoms with van der Waals surface area (Å²) >= 11 is 0. The molecule has 2 amide bonds. The predicted molar refractivity (Wildman–Crippen MR) is 132 cm³/mol. The van der Waals surface area contributed by atoms with Crippen LogP contribution < -0.4 is 29.6 Å². The Kier molecular flexibility index (Phi) is 8.64. The van der Waals surface area contributed by atoms with E-state index in [-0.39, 0.29) is 25.4 Å². The summed E-state index contributed by atoms with van der Waals surface area (Å²) in [7, 11) is 0. The van der Waals surface area contributed by atoms with Crippen LogP contribution in [0.4, 0.5) is 0 Å². The molecule has 0 fully saturated rings. The van der Waals surface area contributed by atoms with Crippen molar-refractivity contribution in [3.63, 3.8) is 0 Å². The lowest BCUT2D eigenvalue weighted by Crippen LogP contribution is -2.22. The summed E-state index contributed by atoms with van der Waals surface area (Å²) in [5, 5.41) is 5.80. The number of rotatable bonds is 12. The number of nitrogens with one attached hydrogen (secondary N) is 2. The van der Waals surface area contributed by atoms with Gasteiger partial charge in [-0.05, 0) is 60.4 Å². The molecule has 2 aromatic rings. The summed E-state index contributed by atoms with van der Waals surface area (Å²) < 4.78 is 21.2. The molecular formula is C27H30N2O6. The van der Waals surface area contributed by atoms with E-state index < -0.39 is 0 Å². The maximum atomic E-state index is 12.0. The third-order valence-electron chi connectivity index (χ3n) is 5.60. The van der Waals surface area contributed by atoms with Crippen LogP contribution in [0.15, 0.2) is 48.6 Å². The van der Waals surface area contributed by atoms with Crippen LogP contribution >= 0.6 is 0 Å². The second kappa shape index (κ2) is 12.5. The van der Waals surface area contributed by atoms with E-state index in [1.807, 2.05) is 36.4 Å². The van der Waals surface area contributed by atoms with Gasteiger partial charge in [-0.3, -0.25) is 9.59 Å². The minimum Gasteiger partial charge on any atom is -0.454 e. The first-order valence-electron chi connectivity index (χ1n) is 11.9. The first-order valence-corrected chi connectivity index (χ1v) is 11.9. The lowest BCUT2D eigenvalue weighted by molar-refractivity contribution is -0.117. The van der Waals surface area contributed by atoms with Gasteiger partial charge in [0.05, 0.1) is 0 Å². The van der Waals surface area contributed by atoms with Gasteiger partial charge in [0.25, 0.3) is 0 Å². The topological polar surface area (TPSA) is 95.1 Å². The molecular weight excluding hydrogens is 448 g/mol. The number of benzene rings is 2. The summed E-state index contributed by atoms with van der Waals surface area (Å²) in [5.74, 6) is 2.62. The van der Waals surface area contributed by atoms with E-state index in [9.17, 15) is 9.59 Å². The van der Waals surface area contributed by atoms with Gasteiger partial charge in [0.2, 0.25) is 25.4 Å². The molecule has 184 valence electrons. The maximum Gasteiger partial charge on any atom is 0.243 e. The molecule has 0 aromatic heterocycles. The van der Waals surface area contributed by atoms with Crippen molar-refractivity contribution >= 4 is 24.0 Å². The number of carbonyl (C=O) groups excluding carboxylic acids is 2. The summed E-state index contributed by atoms with van der Waals surface area (Å²) in [4.78, 5) is 23.9. The number of fused-ring (bicyclic) bond motifs is 2. The second-order valence-corrected chi connectivity index (χ2v) is 8.24. The number of hydrogen-bond donors (Lipinski definition) is 2. The number of carbonyl (C=O) groups is 2. The summed E-state index contributed by atoms with van der Waals surface area (Å²) in [6.07, 6.45) is 11.6. The van der Waals surface area contributed by atoms with Gasteiger partial charge in [-0.25, -0.2) is 0 Å². The average molecular weight is 479 g/mol. The normalized spacial score (nSPS) is 13.5. The monoisotopic (exact) mass is 478 g/mol. The van der Waals surface area contributed by atoms with E-state index in [1.54, 1.807) is 12.2 Å². The van der Waals surface area contributed by atoms with Crippen LogP contribution in [0.2, 0.25) is 0 Å². The van der Waals surface area contributed by atoms with Crippen molar-refractivity contribution in [2.45, 2.75) is 32.1 Å². The average Bonchev–Trinajstić information content (AvgIpc) is 3.53. The van der Waals surface area contributed by atoms with E-state index in [4.69, 9.17) is 18.9 Å². The molecule has 0 bridgehead atoms. The molecule has 0 saturated heterocycles. The highest BCUT2D eigenvalue weighted by Crippen LogP contribution is 2.33. The quantitative estimate of drug-likeness (QED) is 0.353. The van der Waals surface area contributed by atoms with E-state index >= 15 is 0 Å². The van der Waals surface area contributed by atoms with Crippen molar-refractivity contribution in [3.8, 4) is 23.0 Å². The van der Waals surface area contributed by atoms with Crippen LogP contribution in [0.25, 0.3) is 12.2 Å². The van der Waals surface area contributed by atoms with Crippen molar-refractivity contribution in [1.29, 1.82) is 0 Å². The van der Waals surface area contributed by atoms with Crippen molar-refractivity contribution in [2.24, 2.45) is 0 Å². The molecule has 0 aliphatic carbocycles. The minimum absolute atomic E-state index is 0.112. The number of ether oxygens (including phenoxy) is 4. The van der Waals surface area contributed by atoms with Crippen LogP contribution in [0, 0.1) is 0 Å². The molecule has 8 heteroatoms. The fourth-order valence-electron chi connectivity index (χ4n) is 3.70. The Bertz CT molecular complexity index is 1010. The number of unbranched alkanes of at least 4 members (excludes halogenated alkanes) is 4. The van der Waals surface area contributed by atoms with E-state index in [0.29, 0.717) is 24.6 Å². The van der Waals surface area contributed by atoms with Gasteiger partial charge in [0.15, 0.2) is 23.0 Å². The molecule has 0 unspecified atom stereocenters. The SMILES string of the molecule is O=C(/C=C\c1ccc2c(c1)OCO2)NCCCCCCCNC(=O)/C=C/c1ccc2c(c1)OCO2. The van der Waals surface area contributed by atoms with Crippen LogP contribution in [0.1, 0.15) is 43.2 Å². The zero-order valence-electron chi connectivity index (χ0n) is 19.6. The summed E-state index contributed by atoms with van der Waals surface area (Å²) in [6, 6.07) is 11.1. The Labute approximate surface area is 204 Å². The van der Waals surface area contributed by atoms with Crippen LogP contribution in [0.5, 0.6) is 23.0 Å². The molecule has 4 rings (SSSR count). The van der Waals surface area contributed by atoms with Crippen molar-refractivity contribution in [3.05, 3.63) is 59.7 Å². The first kappa shape index (κ1) is 24.2. The van der Waals surface area contributed by atoms with Crippen molar-refractivity contribution in [2.75, 3.05) is 26.7 Å². The highest BCUT2D eigenvalue weighted by molar-refractivity contribution is 5.92. The Hall–Kier alpha value is -3.94. The van der Waals surface area contributed by atoms with Gasteiger partial charge in [-0.2, -0.15) is 0 Å². The standard InChI is InChI=1S/C27H30N2O6/c30-26(12-8-20-6-10-22-24(16-20)34-18-32-22)28-14-4-2-1-3-5-15-29-27(31)13-9-21-7-11-23-25(17-21)35-19-33-23/h6-13,16-17H,1-5,14-15,18-19H2,(H,28,30)(H,29,31)/b12-8-,13-9+. The molecule has 0 radical (unpaired) electrons. The predicted octanol–water partition coefficient (Wildman–Crippen LogP) is 4.05. The first-order chi connectivity index (χ1) is 17.2. The van der Waals surface area contributed by atoms with Crippen molar-refractivity contribution in [1.82, 2.24) is 10.6 Å². The fraction of sp³-hybridized carbons (Fsp3) is 0.333. The van der Waals surface area contributed by atoms with Gasteiger partial charge >= 0.3 is 0 Å². The Morgan fingerprint density at radius 3 is 1.54 bits per heavy atom. The summed E-state index contributed by atoms with van der Waals surface area (Å²) in [6.45, 7) is 1.76. The third-order valence-corrected chi connectivity index (χ3v) is 5.60. The van der Waals surface area contributed by atoms with Crippen molar-refractivity contribution < 1.29 is 28.5 Å². The molecule has 2 aromatic carbocycles. The molecule has 35 heavy (non-hydrogen) atoms. The minimum atomic E-state index is -0.112. The summed E-state index contributed by atoms with van der Waals surface area (Å²) in [5.41, 5.74) is 1.78. The largest absolute Gasteiger partial charge is 0.454 e. The lowest BCUT2D eigenvalue weighted by atomic mass is 10.1. The molecule has 8 nitrogen and oxygen atoms in total. The Balaban J connectivity index is 1.00. The van der Waals surface area contributed by atoms with Crippen LogP contribution in [0.3, 0.4) is 0 Å². The third kappa shape index (κ3) is 7.53. The molecule has 0 spiro atoms. The van der Waals surface area contributed by atoms with Gasteiger partial charge in [0.1, 0.15) is 0 Å². The zero-order chi connectivity index (χ0) is 24.3. The molecule has 2 aliphatic rings. The molecule has 0 atom stereocenters. The highest BCUT2D eigenvalue weighted by Gasteiger charge is 2.13. The zero-order valence-corrected chi connectivity index (χ0v) is 19.6.